The number of carboxylic acids is 1. The first-order valence-electron chi connectivity index (χ1n) is 5.41. The van der Waals surface area contributed by atoms with Crippen molar-refractivity contribution in [3.63, 3.8) is 0 Å². The number of rotatable bonds is 5. The van der Waals surface area contributed by atoms with E-state index in [-0.39, 0.29) is 10.8 Å². The molecule has 7 heteroatoms. The molecule has 1 aliphatic carbocycles. The van der Waals surface area contributed by atoms with Crippen molar-refractivity contribution in [3.8, 4) is 0 Å². The molecule has 1 aliphatic rings. The van der Waals surface area contributed by atoms with Crippen molar-refractivity contribution in [3.05, 3.63) is 27.8 Å². The first-order valence-corrected chi connectivity index (χ1v) is 7.97. The van der Waals surface area contributed by atoms with Crippen LogP contribution in [0.25, 0.3) is 0 Å². The molecule has 1 fully saturated rings. The average molecular weight is 381 g/mol. The summed E-state index contributed by atoms with van der Waals surface area (Å²) in [6, 6.07) is 5.25. The van der Waals surface area contributed by atoms with Gasteiger partial charge in [-0.3, -0.25) is 4.79 Å². The Morgan fingerprint density at radius 1 is 1.33 bits per heavy atom. The average Bonchev–Trinajstić information content (AvgIpc) is 3.10. The van der Waals surface area contributed by atoms with Crippen LogP contribution in [0.15, 0.2) is 29.2 Å². The van der Waals surface area contributed by atoms with Gasteiger partial charge in [-0.2, -0.15) is 4.72 Å². The number of sulfonamides is 1. The van der Waals surface area contributed by atoms with E-state index in [4.69, 9.17) is 5.11 Å². The molecule has 98 valence electrons. The van der Waals surface area contributed by atoms with Crippen LogP contribution in [0.2, 0.25) is 0 Å². The van der Waals surface area contributed by atoms with E-state index < -0.39 is 22.0 Å². The molecule has 0 aromatic heterocycles. The zero-order valence-electron chi connectivity index (χ0n) is 9.34. The van der Waals surface area contributed by atoms with E-state index in [9.17, 15) is 13.2 Å². The molecule has 0 saturated heterocycles. The molecule has 2 rings (SSSR count). The number of benzene rings is 1. The maximum absolute atomic E-state index is 12.0. The molecule has 0 spiro atoms. The highest BCUT2D eigenvalue weighted by Crippen LogP contribution is 2.33. The summed E-state index contributed by atoms with van der Waals surface area (Å²) in [6.07, 6.45) is 1.51. The van der Waals surface area contributed by atoms with Gasteiger partial charge in [0.1, 0.15) is 6.04 Å². The van der Waals surface area contributed by atoms with Gasteiger partial charge >= 0.3 is 5.97 Å². The van der Waals surface area contributed by atoms with Crippen LogP contribution >= 0.6 is 22.6 Å². The predicted octanol–water partition coefficient (Wildman–Crippen LogP) is 1.43. The van der Waals surface area contributed by atoms with Crippen molar-refractivity contribution in [2.24, 2.45) is 5.92 Å². The van der Waals surface area contributed by atoms with Gasteiger partial charge in [0.25, 0.3) is 0 Å². The second-order valence-electron chi connectivity index (χ2n) is 4.23. The number of carbonyl (C=O) groups is 1. The Hall–Kier alpha value is -0.670. The van der Waals surface area contributed by atoms with Gasteiger partial charge in [-0.15, -0.1) is 0 Å². The smallest absolute Gasteiger partial charge is 0.322 e. The fourth-order valence-electron chi connectivity index (χ4n) is 1.63. The van der Waals surface area contributed by atoms with Gasteiger partial charge in [-0.1, -0.05) is 0 Å². The lowest BCUT2D eigenvalue weighted by Gasteiger charge is -2.13. The number of carboxylic acid groups (broad SMARTS) is 1. The lowest BCUT2D eigenvalue weighted by atomic mass is 10.2. The van der Waals surface area contributed by atoms with E-state index in [0.717, 1.165) is 16.4 Å². The molecule has 1 saturated carbocycles. The van der Waals surface area contributed by atoms with Crippen LogP contribution in [-0.2, 0) is 14.8 Å². The highest BCUT2D eigenvalue weighted by atomic mass is 127. The van der Waals surface area contributed by atoms with Gasteiger partial charge in [0.05, 0.1) is 4.90 Å². The molecule has 0 aliphatic heterocycles. The van der Waals surface area contributed by atoms with E-state index in [2.05, 4.69) is 27.3 Å². The molecule has 5 nitrogen and oxygen atoms in total. The van der Waals surface area contributed by atoms with E-state index in [0.29, 0.717) is 0 Å². The van der Waals surface area contributed by atoms with Crippen LogP contribution in [-0.4, -0.2) is 25.5 Å². The van der Waals surface area contributed by atoms with Crippen LogP contribution in [0.5, 0.6) is 0 Å². The van der Waals surface area contributed by atoms with E-state index in [1.54, 1.807) is 12.1 Å². The molecule has 0 amide bonds. The van der Waals surface area contributed by atoms with Gasteiger partial charge < -0.3 is 5.11 Å². The third kappa shape index (κ3) is 3.21. The number of aliphatic carboxylic acids is 1. The summed E-state index contributed by atoms with van der Waals surface area (Å²) in [5.41, 5.74) is 0. The van der Waals surface area contributed by atoms with Crippen molar-refractivity contribution in [2.75, 3.05) is 0 Å². The van der Waals surface area contributed by atoms with Crippen LogP contribution in [0, 0.1) is 9.49 Å². The lowest BCUT2D eigenvalue weighted by molar-refractivity contribution is -0.139. The third-order valence-electron chi connectivity index (χ3n) is 2.77. The van der Waals surface area contributed by atoms with E-state index in [1.807, 2.05) is 0 Å². The molecule has 0 heterocycles. The topological polar surface area (TPSA) is 83.5 Å². The Labute approximate surface area is 119 Å². The molecule has 18 heavy (non-hydrogen) atoms. The van der Waals surface area contributed by atoms with Crippen LogP contribution in [0.1, 0.15) is 12.8 Å². The maximum Gasteiger partial charge on any atom is 0.322 e. The molecule has 2 N–H and O–H groups in total. The monoisotopic (exact) mass is 381 g/mol. The number of hydrogen-bond donors (Lipinski definition) is 2. The minimum absolute atomic E-state index is 0.0823. The van der Waals surface area contributed by atoms with Crippen molar-refractivity contribution in [2.45, 2.75) is 23.8 Å². The van der Waals surface area contributed by atoms with E-state index in [1.165, 1.54) is 12.1 Å². The van der Waals surface area contributed by atoms with Gasteiger partial charge in [0.2, 0.25) is 10.0 Å². The molecule has 1 unspecified atom stereocenters. The summed E-state index contributed by atoms with van der Waals surface area (Å²) in [5.74, 6) is -1.20. The summed E-state index contributed by atoms with van der Waals surface area (Å²) in [5, 5.41) is 9.01. The minimum atomic E-state index is -3.76. The Kier molecular flexibility index (Phi) is 3.93. The summed E-state index contributed by atoms with van der Waals surface area (Å²) in [6.45, 7) is 0. The number of halogens is 1. The Morgan fingerprint density at radius 3 is 2.33 bits per heavy atom. The van der Waals surface area contributed by atoms with Crippen LogP contribution in [0.4, 0.5) is 0 Å². The highest BCUT2D eigenvalue weighted by molar-refractivity contribution is 14.1. The Morgan fingerprint density at radius 2 is 1.89 bits per heavy atom. The lowest BCUT2D eigenvalue weighted by Crippen LogP contribution is -2.42. The molecule has 1 atom stereocenters. The first-order chi connectivity index (χ1) is 8.40. The number of nitrogens with one attached hydrogen (secondary N) is 1. The quantitative estimate of drug-likeness (QED) is 0.757. The van der Waals surface area contributed by atoms with Gasteiger partial charge in [-0.25, -0.2) is 8.42 Å². The normalized spacial score (nSPS) is 17.4. The van der Waals surface area contributed by atoms with Crippen LogP contribution < -0.4 is 4.72 Å². The summed E-state index contributed by atoms with van der Waals surface area (Å²) in [4.78, 5) is 11.1. The minimum Gasteiger partial charge on any atom is -0.480 e. The molecule has 0 bridgehead atoms. The van der Waals surface area contributed by atoms with Crippen molar-refractivity contribution in [1.29, 1.82) is 0 Å². The third-order valence-corrected chi connectivity index (χ3v) is 4.94. The second-order valence-corrected chi connectivity index (χ2v) is 7.19. The van der Waals surface area contributed by atoms with Gasteiger partial charge in [-0.05, 0) is 65.6 Å². The molecular formula is C11H12INO4S. The van der Waals surface area contributed by atoms with Gasteiger partial charge in [0.15, 0.2) is 0 Å². The molecule has 0 radical (unpaired) electrons. The standard InChI is InChI=1S/C11H12INO4S/c12-8-3-5-9(6-4-8)18(16,17)13-10(11(14)15)7-1-2-7/h3-7,10,13H,1-2H2,(H,14,15). The zero-order valence-corrected chi connectivity index (χ0v) is 12.3. The maximum atomic E-state index is 12.0. The van der Waals surface area contributed by atoms with Crippen molar-refractivity contribution < 1.29 is 18.3 Å². The molecule has 1 aromatic rings. The fourth-order valence-corrected chi connectivity index (χ4v) is 3.24. The predicted molar refractivity (Wildman–Crippen MR) is 73.6 cm³/mol. The fraction of sp³-hybridized carbons (Fsp3) is 0.364. The molecule has 1 aromatic carbocycles. The largest absolute Gasteiger partial charge is 0.480 e. The molecular weight excluding hydrogens is 369 g/mol. The highest BCUT2D eigenvalue weighted by Gasteiger charge is 2.39. The summed E-state index contributed by atoms with van der Waals surface area (Å²) >= 11 is 2.07. The summed E-state index contributed by atoms with van der Waals surface area (Å²) < 4.78 is 27.2. The zero-order chi connectivity index (χ0) is 13.3. The second kappa shape index (κ2) is 5.14. The van der Waals surface area contributed by atoms with Gasteiger partial charge in [0, 0.05) is 3.57 Å². The van der Waals surface area contributed by atoms with Crippen LogP contribution in [0.3, 0.4) is 0 Å². The Balaban J connectivity index is 2.20. The Bertz CT molecular complexity index is 551. The van der Waals surface area contributed by atoms with E-state index >= 15 is 0 Å². The first kappa shape index (κ1) is 13.8. The number of hydrogen-bond acceptors (Lipinski definition) is 3. The van der Waals surface area contributed by atoms with Crippen molar-refractivity contribution in [1.82, 2.24) is 4.72 Å². The summed E-state index contributed by atoms with van der Waals surface area (Å²) in [7, 11) is -3.76. The van der Waals surface area contributed by atoms with Crippen molar-refractivity contribution >= 4 is 38.6 Å². The SMILES string of the molecule is O=C(O)C(NS(=O)(=O)c1ccc(I)cc1)C1CC1.